The van der Waals surface area contributed by atoms with Crippen molar-refractivity contribution in [3.05, 3.63) is 12.7 Å². The molecular formula is C11H24. The van der Waals surface area contributed by atoms with Gasteiger partial charge in [-0.3, -0.25) is 0 Å². The van der Waals surface area contributed by atoms with Crippen molar-refractivity contribution in [1.82, 2.24) is 0 Å². The van der Waals surface area contributed by atoms with Gasteiger partial charge in [-0.25, -0.2) is 0 Å². The predicted octanol–water partition coefficient (Wildman–Crippen LogP) is 4.42. The van der Waals surface area contributed by atoms with Crippen LogP contribution < -0.4 is 0 Å². The number of rotatable bonds is 4. The highest BCUT2D eigenvalue weighted by Crippen LogP contribution is 2.08. The van der Waals surface area contributed by atoms with E-state index in [9.17, 15) is 0 Å². The predicted molar refractivity (Wildman–Crippen MR) is 54.9 cm³/mol. The van der Waals surface area contributed by atoms with E-state index in [1.54, 1.807) is 0 Å². The zero-order valence-corrected chi connectivity index (χ0v) is 8.69. The summed E-state index contributed by atoms with van der Waals surface area (Å²) in [6.45, 7) is 12.4. The average Bonchev–Trinajstić information content (AvgIpc) is 2.02. The van der Waals surface area contributed by atoms with Crippen LogP contribution in [0.5, 0.6) is 0 Å². The highest BCUT2D eigenvalue weighted by atomic mass is 14.0. The van der Waals surface area contributed by atoms with Gasteiger partial charge < -0.3 is 0 Å². The second-order valence-corrected chi connectivity index (χ2v) is 3.09. The van der Waals surface area contributed by atoms with Crippen LogP contribution in [-0.4, -0.2) is 0 Å². The van der Waals surface area contributed by atoms with Crippen molar-refractivity contribution < 1.29 is 0 Å². The van der Waals surface area contributed by atoms with Crippen molar-refractivity contribution in [3.63, 3.8) is 0 Å². The Bertz CT molecular complexity index is 64.4. The van der Waals surface area contributed by atoms with Gasteiger partial charge >= 0.3 is 0 Å². The molecule has 0 radical (unpaired) electrons. The third-order valence-corrected chi connectivity index (χ3v) is 1.56. The van der Waals surface area contributed by atoms with Crippen molar-refractivity contribution in [2.24, 2.45) is 5.92 Å². The molecule has 1 unspecified atom stereocenters. The molecule has 0 bridgehead atoms. The van der Waals surface area contributed by atoms with Crippen molar-refractivity contribution in [2.75, 3.05) is 0 Å². The van der Waals surface area contributed by atoms with Gasteiger partial charge in [0.25, 0.3) is 0 Å². The van der Waals surface area contributed by atoms with Crippen LogP contribution in [0.1, 0.15) is 53.4 Å². The topological polar surface area (TPSA) is 0 Å². The molecular weight excluding hydrogens is 132 g/mol. The summed E-state index contributed by atoms with van der Waals surface area (Å²) in [6.07, 6.45) is 7.02. The van der Waals surface area contributed by atoms with E-state index in [2.05, 4.69) is 34.3 Å². The lowest BCUT2D eigenvalue weighted by atomic mass is 10.0. The van der Waals surface area contributed by atoms with Gasteiger partial charge in [-0.15, -0.1) is 6.58 Å². The van der Waals surface area contributed by atoms with Gasteiger partial charge in [0, 0.05) is 0 Å². The first-order chi connectivity index (χ1) is 5.22. The van der Waals surface area contributed by atoms with Gasteiger partial charge in [-0.05, 0) is 18.8 Å². The minimum absolute atomic E-state index is 0.882. The Balaban J connectivity index is 0. The number of allylic oxidation sites excluding steroid dienone is 1. The van der Waals surface area contributed by atoms with E-state index in [-0.39, 0.29) is 0 Å². The SMILES string of the molecule is C=CCCC(C)CC.CCC. The lowest BCUT2D eigenvalue weighted by Gasteiger charge is -2.03. The summed E-state index contributed by atoms with van der Waals surface area (Å²) >= 11 is 0. The van der Waals surface area contributed by atoms with Gasteiger partial charge in [-0.1, -0.05) is 46.6 Å². The summed E-state index contributed by atoms with van der Waals surface area (Å²) in [5.74, 6) is 0.882. The Morgan fingerprint density at radius 2 is 1.73 bits per heavy atom. The van der Waals surface area contributed by atoms with E-state index in [1.807, 2.05) is 6.08 Å². The summed E-state index contributed by atoms with van der Waals surface area (Å²) in [6, 6.07) is 0. The van der Waals surface area contributed by atoms with Gasteiger partial charge in [-0.2, -0.15) is 0 Å². The average molecular weight is 156 g/mol. The fraction of sp³-hybridized carbons (Fsp3) is 0.818. The first kappa shape index (κ1) is 13.3. The van der Waals surface area contributed by atoms with Gasteiger partial charge in [0.05, 0.1) is 0 Å². The second kappa shape index (κ2) is 12.4. The summed E-state index contributed by atoms with van der Waals surface area (Å²) in [7, 11) is 0. The van der Waals surface area contributed by atoms with E-state index in [4.69, 9.17) is 0 Å². The zero-order chi connectivity index (χ0) is 9.11. The van der Waals surface area contributed by atoms with Crippen LogP contribution in [0, 0.1) is 5.92 Å². The van der Waals surface area contributed by atoms with Crippen LogP contribution in [-0.2, 0) is 0 Å². The van der Waals surface area contributed by atoms with Gasteiger partial charge in [0.1, 0.15) is 0 Å². The highest BCUT2D eigenvalue weighted by molar-refractivity contribution is 4.67. The van der Waals surface area contributed by atoms with Crippen LogP contribution in [0.4, 0.5) is 0 Å². The number of hydrogen-bond donors (Lipinski definition) is 0. The molecule has 0 nitrogen and oxygen atoms in total. The van der Waals surface area contributed by atoms with Crippen LogP contribution in [0.2, 0.25) is 0 Å². The maximum atomic E-state index is 3.67. The zero-order valence-electron chi connectivity index (χ0n) is 8.69. The molecule has 0 aliphatic rings. The molecule has 11 heavy (non-hydrogen) atoms. The highest BCUT2D eigenvalue weighted by Gasteiger charge is 1.93. The third kappa shape index (κ3) is 17.7. The van der Waals surface area contributed by atoms with Crippen LogP contribution >= 0.6 is 0 Å². The molecule has 0 fully saturated rings. The van der Waals surface area contributed by atoms with E-state index in [0.717, 1.165) is 5.92 Å². The summed E-state index contributed by atoms with van der Waals surface area (Å²) < 4.78 is 0. The van der Waals surface area contributed by atoms with Crippen molar-refractivity contribution >= 4 is 0 Å². The standard InChI is InChI=1S/C8H16.C3H8/c1-4-6-7-8(3)5-2;1-3-2/h4,8H,1,5-7H2,2-3H3;3H2,1-2H3. The Labute approximate surface area is 72.7 Å². The quantitative estimate of drug-likeness (QED) is 0.529. The lowest BCUT2D eigenvalue weighted by molar-refractivity contribution is 0.522. The molecule has 0 heteroatoms. The Morgan fingerprint density at radius 3 is 2.00 bits per heavy atom. The fourth-order valence-electron chi connectivity index (χ4n) is 0.606. The monoisotopic (exact) mass is 156 g/mol. The molecule has 68 valence electrons. The Morgan fingerprint density at radius 1 is 1.27 bits per heavy atom. The molecule has 0 aliphatic heterocycles. The van der Waals surface area contributed by atoms with Crippen LogP contribution in [0.25, 0.3) is 0 Å². The fourth-order valence-corrected chi connectivity index (χ4v) is 0.606. The van der Waals surface area contributed by atoms with Crippen molar-refractivity contribution in [2.45, 2.75) is 53.4 Å². The summed E-state index contributed by atoms with van der Waals surface area (Å²) in [5, 5.41) is 0. The third-order valence-electron chi connectivity index (χ3n) is 1.56. The first-order valence-corrected chi connectivity index (χ1v) is 4.83. The van der Waals surface area contributed by atoms with Crippen LogP contribution in [0.3, 0.4) is 0 Å². The van der Waals surface area contributed by atoms with Crippen molar-refractivity contribution in [3.8, 4) is 0 Å². The molecule has 0 N–H and O–H groups in total. The van der Waals surface area contributed by atoms with E-state index in [1.165, 1.54) is 25.7 Å². The maximum absolute atomic E-state index is 3.67. The first-order valence-electron chi connectivity index (χ1n) is 4.83. The molecule has 0 spiro atoms. The van der Waals surface area contributed by atoms with Crippen LogP contribution in [0.15, 0.2) is 12.7 Å². The number of hydrogen-bond acceptors (Lipinski definition) is 0. The molecule has 1 atom stereocenters. The van der Waals surface area contributed by atoms with Crippen molar-refractivity contribution in [1.29, 1.82) is 0 Å². The Kier molecular flexibility index (Phi) is 15.1. The molecule has 0 aliphatic carbocycles. The molecule has 0 aromatic rings. The van der Waals surface area contributed by atoms with E-state index >= 15 is 0 Å². The minimum Gasteiger partial charge on any atom is -0.103 e. The normalized spacial score (nSPS) is 11.3. The van der Waals surface area contributed by atoms with E-state index in [0.29, 0.717) is 0 Å². The van der Waals surface area contributed by atoms with Gasteiger partial charge in [0.2, 0.25) is 0 Å². The van der Waals surface area contributed by atoms with Gasteiger partial charge in [0.15, 0.2) is 0 Å². The molecule has 0 aromatic heterocycles. The largest absolute Gasteiger partial charge is 0.103 e. The molecule has 0 saturated heterocycles. The minimum atomic E-state index is 0.882. The smallest absolute Gasteiger partial charge is 0.0351 e. The second-order valence-electron chi connectivity index (χ2n) is 3.09. The molecule has 0 saturated carbocycles. The Hall–Kier alpha value is -0.260. The molecule has 0 rings (SSSR count). The molecule has 0 aromatic carbocycles. The lowest BCUT2D eigenvalue weighted by Crippen LogP contribution is -1.88. The summed E-state index contributed by atoms with van der Waals surface area (Å²) in [4.78, 5) is 0. The summed E-state index contributed by atoms with van der Waals surface area (Å²) in [5.41, 5.74) is 0. The maximum Gasteiger partial charge on any atom is -0.0351 e. The molecule has 0 heterocycles. The molecule has 0 amide bonds. The van der Waals surface area contributed by atoms with E-state index < -0.39 is 0 Å².